The Morgan fingerprint density at radius 1 is 1.24 bits per heavy atom. The number of aryl methyl sites for hydroxylation is 1. The molecule has 0 spiro atoms. The van der Waals surface area contributed by atoms with Gasteiger partial charge in [-0.25, -0.2) is 4.98 Å². The Bertz CT molecular complexity index is 497. The fraction of sp³-hybridized carbons (Fsp3) is 0.357. The summed E-state index contributed by atoms with van der Waals surface area (Å²) in [5, 5.41) is 0. The molecule has 0 unspecified atom stereocenters. The molecule has 0 bridgehead atoms. The lowest BCUT2D eigenvalue weighted by Crippen LogP contribution is -2.29. The van der Waals surface area contributed by atoms with Crippen molar-refractivity contribution in [2.45, 2.75) is 26.2 Å². The number of nitrogens with one attached hydrogen (secondary N) is 1. The number of hydrogen-bond acceptors (Lipinski definition) is 2. The van der Waals surface area contributed by atoms with Crippen molar-refractivity contribution >= 4 is 0 Å². The number of aromatic amines is 1. The molecule has 0 radical (unpaired) electrons. The molecule has 3 nitrogen and oxygen atoms in total. The molecule has 17 heavy (non-hydrogen) atoms. The molecule has 0 saturated carbocycles. The van der Waals surface area contributed by atoms with Crippen LogP contribution >= 0.6 is 0 Å². The molecular weight excluding hydrogens is 210 g/mol. The zero-order chi connectivity index (χ0) is 12.5. The number of rotatable bonds is 3. The lowest BCUT2D eigenvalue weighted by molar-refractivity contribution is 0.507. The fourth-order valence-corrected chi connectivity index (χ4v) is 1.75. The minimum atomic E-state index is -0.113. The van der Waals surface area contributed by atoms with Gasteiger partial charge in [0.05, 0.1) is 5.69 Å². The van der Waals surface area contributed by atoms with Gasteiger partial charge < -0.3 is 10.7 Å². The highest BCUT2D eigenvalue weighted by atomic mass is 15.0. The molecule has 0 atom stereocenters. The van der Waals surface area contributed by atoms with Crippen LogP contribution < -0.4 is 5.73 Å². The summed E-state index contributed by atoms with van der Waals surface area (Å²) in [6.45, 7) is 6.82. The van der Waals surface area contributed by atoms with Crippen molar-refractivity contribution in [3.05, 3.63) is 41.9 Å². The van der Waals surface area contributed by atoms with Crippen LogP contribution in [0.5, 0.6) is 0 Å². The summed E-state index contributed by atoms with van der Waals surface area (Å²) in [7, 11) is 0. The van der Waals surface area contributed by atoms with Crippen molar-refractivity contribution < 1.29 is 0 Å². The summed E-state index contributed by atoms with van der Waals surface area (Å²) in [6.07, 6.45) is 0. The minimum Gasteiger partial charge on any atom is -0.345 e. The van der Waals surface area contributed by atoms with Gasteiger partial charge in [0.1, 0.15) is 5.82 Å². The van der Waals surface area contributed by atoms with Crippen LogP contribution in [0.4, 0.5) is 0 Å². The molecule has 2 rings (SSSR count). The Balaban J connectivity index is 2.45. The highest BCUT2D eigenvalue weighted by Gasteiger charge is 2.23. The van der Waals surface area contributed by atoms with Crippen molar-refractivity contribution in [1.29, 1.82) is 0 Å². The average molecular weight is 229 g/mol. The second-order valence-electron chi connectivity index (χ2n) is 5.01. The van der Waals surface area contributed by atoms with Crippen LogP contribution in [0, 0.1) is 6.92 Å². The van der Waals surface area contributed by atoms with E-state index in [9.17, 15) is 0 Å². The molecule has 0 aliphatic heterocycles. The number of H-pyrrole nitrogens is 1. The Labute approximate surface area is 102 Å². The van der Waals surface area contributed by atoms with Gasteiger partial charge in [0, 0.05) is 23.2 Å². The van der Waals surface area contributed by atoms with Gasteiger partial charge >= 0.3 is 0 Å². The van der Waals surface area contributed by atoms with E-state index in [1.807, 2.05) is 25.1 Å². The van der Waals surface area contributed by atoms with Crippen molar-refractivity contribution in [3.63, 3.8) is 0 Å². The molecule has 0 saturated heterocycles. The van der Waals surface area contributed by atoms with Crippen LogP contribution in [0.25, 0.3) is 11.3 Å². The van der Waals surface area contributed by atoms with E-state index in [0.29, 0.717) is 6.54 Å². The molecule has 0 aliphatic carbocycles. The summed E-state index contributed by atoms with van der Waals surface area (Å²) in [5.41, 5.74) is 8.91. The molecule has 2 aromatic rings. The summed E-state index contributed by atoms with van der Waals surface area (Å²) >= 11 is 0. The smallest absolute Gasteiger partial charge is 0.113 e. The van der Waals surface area contributed by atoms with Crippen LogP contribution in [0.1, 0.15) is 25.4 Å². The van der Waals surface area contributed by atoms with Crippen LogP contribution in [-0.2, 0) is 5.41 Å². The molecule has 0 fully saturated rings. The highest BCUT2D eigenvalue weighted by Crippen LogP contribution is 2.26. The van der Waals surface area contributed by atoms with Crippen LogP contribution in [-0.4, -0.2) is 16.5 Å². The maximum atomic E-state index is 5.78. The number of aromatic nitrogens is 2. The molecule has 1 aromatic heterocycles. The average Bonchev–Trinajstić information content (AvgIpc) is 2.73. The van der Waals surface area contributed by atoms with Gasteiger partial charge in [-0.05, 0) is 6.92 Å². The molecular formula is C14H19N3. The van der Waals surface area contributed by atoms with E-state index in [1.54, 1.807) is 0 Å². The molecule has 90 valence electrons. The Morgan fingerprint density at radius 3 is 2.47 bits per heavy atom. The molecule has 3 N–H and O–H groups in total. The minimum absolute atomic E-state index is 0.113. The second-order valence-corrected chi connectivity index (χ2v) is 5.01. The Kier molecular flexibility index (Phi) is 3.03. The molecule has 1 aromatic carbocycles. The number of hydrogen-bond donors (Lipinski definition) is 2. The van der Waals surface area contributed by atoms with E-state index in [1.165, 1.54) is 0 Å². The first-order valence-electron chi connectivity index (χ1n) is 5.87. The van der Waals surface area contributed by atoms with Gasteiger partial charge in [0.15, 0.2) is 0 Å². The van der Waals surface area contributed by atoms with Gasteiger partial charge in [-0.1, -0.05) is 44.2 Å². The van der Waals surface area contributed by atoms with Crippen molar-refractivity contribution in [2.24, 2.45) is 5.73 Å². The Morgan fingerprint density at radius 2 is 1.88 bits per heavy atom. The van der Waals surface area contributed by atoms with E-state index < -0.39 is 0 Å². The first-order chi connectivity index (χ1) is 8.04. The number of nitrogens with two attached hydrogens (primary N) is 1. The van der Waals surface area contributed by atoms with E-state index >= 15 is 0 Å². The standard InChI is InChI=1S/C14H19N3/c1-10-12(11-7-5-4-6-8-11)17-13(16-10)14(2,3)9-15/h4-8H,9,15H2,1-3H3,(H,16,17). The zero-order valence-corrected chi connectivity index (χ0v) is 10.6. The molecule has 0 amide bonds. The maximum absolute atomic E-state index is 5.78. The van der Waals surface area contributed by atoms with E-state index in [0.717, 1.165) is 22.8 Å². The maximum Gasteiger partial charge on any atom is 0.113 e. The largest absolute Gasteiger partial charge is 0.345 e. The lowest BCUT2D eigenvalue weighted by atomic mass is 9.93. The molecule has 0 aliphatic rings. The van der Waals surface area contributed by atoms with E-state index in [2.05, 4.69) is 35.9 Å². The zero-order valence-electron chi connectivity index (χ0n) is 10.6. The first kappa shape index (κ1) is 11.9. The lowest BCUT2D eigenvalue weighted by Gasteiger charge is -2.18. The normalized spacial score (nSPS) is 11.8. The topological polar surface area (TPSA) is 54.7 Å². The summed E-state index contributed by atoms with van der Waals surface area (Å²) < 4.78 is 0. The number of benzene rings is 1. The SMILES string of the molecule is Cc1[nH]c(C(C)(C)CN)nc1-c1ccccc1. The molecule has 1 heterocycles. The van der Waals surface area contributed by atoms with Crippen molar-refractivity contribution in [1.82, 2.24) is 9.97 Å². The van der Waals surface area contributed by atoms with E-state index in [4.69, 9.17) is 5.73 Å². The van der Waals surface area contributed by atoms with Gasteiger partial charge in [-0.3, -0.25) is 0 Å². The van der Waals surface area contributed by atoms with E-state index in [-0.39, 0.29) is 5.41 Å². The number of imidazole rings is 1. The predicted molar refractivity (Wildman–Crippen MR) is 70.8 cm³/mol. The van der Waals surface area contributed by atoms with Crippen LogP contribution in [0.2, 0.25) is 0 Å². The highest BCUT2D eigenvalue weighted by molar-refractivity contribution is 5.61. The number of nitrogens with zero attached hydrogens (tertiary/aromatic N) is 1. The monoisotopic (exact) mass is 229 g/mol. The third kappa shape index (κ3) is 2.24. The summed E-state index contributed by atoms with van der Waals surface area (Å²) in [5.74, 6) is 0.955. The van der Waals surface area contributed by atoms with Gasteiger partial charge in [0.25, 0.3) is 0 Å². The summed E-state index contributed by atoms with van der Waals surface area (Å²) in [4.78, 5) is 8.03. The third-order valence-corrected chi connectivity index (χ3v) is 3.08. The fourth-order valence-electron chi connectivity index (χ4n) is 1.75. The van der Waals surface area contributed by atoms with Gasteiger partial charge in [-0.15, -0.1) is 0 Å². The molecule has 3 heteroatoms. The van der Waals surface area contributed by atoms with Gasteiger partial charge in [-0.2, -0.15) is 0 Å². The van der Waals surface area contributed by atoms with Crippen molar-refractivity contribution in [2.75, 3.05) is 6.54 Å². The second kappa shape index (κ2) is 4.34. The van der Waals surface area contributed by atoms with Gasteiger partial charge in [0.2, 0.25) is 0 Å². The predicted octanol–water partition coefficient (Wildman–Crippen LogP) is 2.62. The van der Waals surface area contributed by atoms with Crippen LogP contribution in [0.15, 0.2) is 30.3 Å². The third-order valence-electron chi connectivity index (χ3n) is 3.08. The van der Waals surface area contributed by atoms with Crippen molar-refractivity contribution in [3.8, 4) is 11.3 Å². The quantitative estimate of drug-likeness (QED) is 0.850. The van der Waals surface area contributed by atoms with Crippen LogP contribution in [0.3, 0.4) is 0 Å². The summed E-state index contributed by atoms with van der Waals surface area (Å²) in [6, 6.07) is 10.2. The Hall–Kier alpha value is -1.61. The first-order valence-corrected chi connectivity index (χ1v) is 5.87.